The third kappa shape index (κ3) is 6.68. The first-order valence-electron chi connectivity index (χ1n) is 12.0. The van der Waals surface area contributed by atoms with Crippen molar-refractivity contribution in [3.8, 4) is 0 Å². The minimum Gasteiger partial charge on any atom is -0.303 e. The van der Waals surface area contributed by atoms with Gasteiger partial charge in [-0.2, -0.15) is 0 Å². The molecule has 3 fully saturated rings. The van der Waals surface area contributed by atoms with Gasteiger partial charge in [-0.15, -0.1) is 0 Å². The highest BCUT2D eigenvalue weighted by Crippen LogP contribution is 2.26. The van der Waals surface area contributed by atoms with Crippen molar-refractivity contribution in [2.75, 3.05) is 65.4 Å². The summed E-state index contributed by atoms with van der Waals surface area (Å²) in [6.07, 6.45) is 5.61. The maximum atomic E-state index is 2.84. The van der Waals surface area contributed by atoms with E-state index in [0.717, 1.165) is 12.0 Å². The molecular formula is C24H48N4. The van der Waals surface area contributed by atoms with E-state index in [4.69, 9.17) is 0 Å². The van der Waals surface area contributed by atoms with Crippen LogP contribution in [0, 0.1) is 11.3 Å². The second-order valence-electron chi connectivity index (χ2n) is 12.0. The minimum absolute atomic E-state index is 0.333. The molecule has 0 spiro atoms. The number of hydrogen-bond donors (Lipinski definition) is 0. The van der Waals surface area contributed by atoms with Gasteiger partial charge in [0.15, 0.2) is 0 Å². The number of piperazine rings is 1. The van der Waals surface area contributed by atoms with Gasteiger partial charge in [0.2, 0.25) is 0 Å². The Kier molecular flexibility index (Phi) is 7.50. The lowest BCUT2D eigenvalue weighted by Gasteiger charge is -2.45. The zero-order valence-electron chi connectivity index (χ0n) is 19.8. The van der Waals surface area contributed by atoms with Crippen LogP contribution in [-0.4, -0.2) is 96.6 Å². The number of rotatable bonds is 4. The summed E-state index contributed by atoms with van der Waals surface area (Å²) in [7, 11) is 0. The molecule has 0 unspecified atom stereocenters. The van der Waals surface area contributed by atoms with Crippen LogP contribution in [0.1, 0.15) is 67.2 Å². The van der Waals surface area contributed by atoms with Crippen LogP contribution in [0.15, 0.2) is 0 Å². The van der Waals surface area contributed by atoms with Gasteiger partial charge in [0.1, 0.15) is 0 Å². The smallest absolute Gasteiger partial charge is 0.0126 e. The fourth-order valence-electron chi connectivity index (χ4n) is 5.58. The lowest BCUT2D eigenvalue weighted by molar-refractivity contribution is 0.0360. The minimum atomic E-state index is 0.333. The van der Waals surface area contributed by atoms with Crippen molar-refractivity contribution in [2.45, 2.75) is 78.8 Å². The maximum absolute atomic E-state index is 2.84. The van der Waals surface area contributed by atoms with Gasteiger partial charge >= 0.3 is 0 Å². The highest BCUT2D eigenvalue weighted by Gasteiger charge is 2.31. The first-order chi connectivity index (χ1) is 13.1. The molecule has 164 valence electrons. The lowest BCUT2D eigenvalue weighted by atomic mass is 9.91. The summed E-state index contributed by atoms with van der Waals surface area (Å²) in [6.45, 7) is 27.1. The molecule has 3 saturated heterocycles. The van der Waals surface area contributed by atoms with Crippen molar-refractivity contribution in [1.82, 2.24) is 19.6 Å². The summed E-state index contributed by atoms with van der Waals surface area (Å²) in [5, 5.41) is 0. The monoisotopic (exact) mass is 392 g/mol. The van der Waals surface area contributed by atoms with E-state index in [1.54, 1.807) is 0 Å². The predicted octanol–water partition coefficient (Wildman–Crippen LogP) is 3.63. The normalized spacial score (nSPS) is 26.8. The quantitative estimate of drug-likeness (QED) is 0.724. The van der Waals surface area contributed by atoms with E-state index in [1.807, 2.05) is 0 Å². The van der Waals surface area contributed by atoms with Crippen LogP contribution in [-0.2, 0) is 0 Å². The largest absolute Gasteiger partial charge is 0.303 e. The molecule has 0 amide bonds. The van der Waals surface area contributed by atoms with E-state index < -0.39 is 0 Å². The van der Waals surface area contributed by atoms with E-state index >= 15 is 0 Å². The third-order valence-corrected chi connectivity index (χ3v) is 7.26. The molecule has 28 heavy (non-hydrogen) atoms. The molecule has 3 aliphatic heterocycles. The molecule has 3 aliphatic rings. The Labute approximate surface area is 175 Å². The third-order valence-electron chi connectivity index (χ3n) is 7.26. The predicted molar refractivity (Wildman–Crippen MR) is 121 cm³/mol. The van der Waals surface area contributed by atoms with Gasteiger partial charge in [0.25, 0.3) is 0 Å². The number of piperidine rings is 2. The first kappa shape index (κ1) is 22.5. The molecule has 0 atom stereocenters. The van der Waals surface area contributed by atoms with Crippen LogP contribution >= 0.6 is 0 Å². The van der Waals surface area contributed by atoms with Gasteiger partial charge in [-0.05, 0) is 84.0 Å². The van der Waals surface area contributed by atoms with Crippen molar-refractivity contribution in [1.29, 1.82) is 0 Å². The Hall–Kier alpha value is -0.160. The topological polar surface area (TPSA) is 13.0 Å². The second-order valence-corrected chi connectivity index (χ2v) is 12.0. The zero-order chi connectivity index (χ0) is 20.4. The molecule has 0 saturated carbocycles. The molecule has 0 aliphatic carbocycles. The summed E-state index contributed by atoms with van der Waals surface area (Å²) in [5.41, 5.74) is 0.767. The summed E-state index contributed by atoms with van der Waals surface area (Å²) in [6, 6.07) is 0.854. The van der Waals surface area contributed by atoms with Crippen molar-refractivity contribution in [3.63, 3.8) is 0 Å². The second kappa shape index (κ2) is 9.32. The Morgan fingerprint density at radius 2 is 1.21 bits per heavy atom. The number of likely N-dealkylation sites (tertiary alicyclic amines) is 2. The summed E-state index contributed by atoms with van der Waals surface area (Å²) in [5.74, 6) is 0.929. The molecule has 4 heteroatoms. The molecule has 0 aromatic heterocycles. The summed E-state index contributed by atoms with van der Waals surface area (Å²) in [4.78, 5) is 10.9. The molecular weight excluding hydrogens is 344 g/mol. The van der Waals surface area contributed by atoms with Crippen LogP contribution < -0.4 is 0 Å². The van der Waals surface area contributed by atoms with E-state index in [-0.39, 0.29) is 0 Å². The van der Waals surface area contributed by atoms with Crippen LogP contribution in [0.25, 0.3) is 0 Å². The molecule has 0 radical (unpaired) electrons. The van der Waals surface area contributed by atoms with Gasteiger partial charge in [0.05, 0.1) is 0 Å². The molecule has 3 rings (SSSR count). The van der Waals surface area contributed by atoms with Gasteiger partial charge in [0, 0.05) is 50.8 Å². The molecule has 0 bridgehead atoms. The van der Waals surface area contributed by atoms with Crippen LogP contribution in [0.5, 0.6) is 0 Å². The molecule has 4 nitrogen and oxygen atoms in total. The zero-order valence-corrected chi connectivity index (χ0v) is 19.8. The fourth-order valence-corrected chi connectivity index (χ4v) is 5.58. The molecule has 0 aromatic rings. The summed E-state index contributed by atoms with van der Waals surface area (Å²) < 4.78 is 0. The molecule has 0 N–H and O–H groups in total. The highest BCUT2D eigenvalue weighted by atomic mass is 15.3. The van der Waals surface area contributed by atoms with Gasteiger partial charge in [-0.3, -0.25) is 4.90 Å². The summed E-state index contributed by atoms with van der Waals surface area (Å²) >= 11 is 0. The SMILES string of the molecule is CC(C)(C)CN1CCC(N2CCC(CN3CCN(C(C)(C)C)CC3)CC2)CC1. The van der Waals surface area contributed by atoms with E-state index in [9.17, 15) is 0 Å². The van der Waals surface area contributed by atoms with Gasteiger partial charge in [-0.25, -0.2) is 0 Å². The standard InChI is InChI=1S/C24H48N4/c1-23(2,3)20-26-11-9-22(10-12-26)27-13-7-21(8-14-27)19-25-15-17-28(18-16-25)24(4,5)6/h21-22H,7-20H2,1-6H3. The van der Waals surface area contributed by atoms with Gasteiger partial charge in [-0.1, -0.05) is 20.8 Å². The van der Waals surface area contributed by atoms with E-state index in [1.165, 1.54) is 91.1 Å². The van der Waals surface area contributed by atoms with Crippen molar-refractivity contribution in [2.24, 2.45) is 11.3 Å². The van der Waals surface area contributed by atoms with Crippen LogP contribution in [0.3, 0.4) is 0 Å². The number of hydrogen-bond acceptors (Lipinski definition) is 4. The van der Waals surface area contributed by atoms with Crippen molar-refractivity contribution in [3.05, 3.63) is 0 Å². The Morgan fingerprint density at radius 3 is 1.71 bits per heavy atom. The average molecular weight is 393 g/mol. The van der Waals surface area contributed by atoms with E-state index in [0.29, 0.717) is 11.0 Å². The number of nitrogens with zero attached hydrogens (tertiary/aromatic N) is 4. The average Bonchev–Trinajstić information content (AvgIpc) is 2.61. The fraction of sp³-hybridized carbons (Fsp3) is 1.00. The molecule has 0 aromatic carbocycles. The Morgan fingerprint density at radius 1 is 0.643 bits per heavy atom. The Bertz CT molecular complexity index is 454. The highest BCUT2D eigenvalue weighted by molar-refractivity contribution is 4.87. The van der Waals surface area contributed by atoms with Gasteiger partial charge < -0.3 is 14.7 Å². The maximum Gasteiger partial charge on any atom is 0.0126 e. The first-order valence-corrected chi connectivity index (χ1v) is 12.0. The van der Waals surface area contributed by atoms with E-state index in [2.05, 4.69) is 61.1 Å². The lowest BCUT2D eigenvalue weighted by Crippen LogP contribution is -2.54. The van der Waals surface area contributed by atoms with Crippen LogP contribution in [0.4, 0.5) is 0 Å². The van der Waals surface area contributed by atoms with Crippen molar-refractivity contribution >= 4 is 0 Å². The molecule has 3 heterocycles. The Balaban J connectivity index is 1.33. The van der Waals surface area contributed by atoms with Crippen molar-refractivity contribution < 1.29 is 0 Å². The van der Waals surface area contributed by atoms with Crippen LogP contribution in [0.2, 0.25) is 0 Å².